The average Bonchev–Trinajstić information content (AvgIpc) is 3.63. The zero-order chi connectivity index (χ0) is 38.2. The van der Waals surface area contributed by atoms with Crippen molar-refractivity contribution in [2.24, 2.45) is 14.1 Å². The molecule has 0 spiro atoms. The lowest BCUT2D eigenvalue weighted by Crippen LogP contribution is -2.20. The van der Waals surface area contributed by atoms with Gasteiger partial charge in [0.25, 0.3) is 0 Å². The number of halogens is 3. The number of hydrogen-bond acceptors (Lipinski definition) is 9. The zero-order valence-electron chi connectivity index (χ0n) is 30.1. The quantitative estimate of drug-likeness (QED) is 0.159. The van der Waals surface area contributed by atoms with Gasteiger partial charge in [-0.05, 0) is 51.1 Å². The van der Waals surface area contributed by atoms with Gasteiger partial charge in [0.05, 0.1) is 73.7 Å². The number of ether oxygens (including phenoxy) is 3. The molecular weight excluding hydrogens is 718 g/mol. The molecule has 11 nitrogen and oxygen atoms in total. The minimum Gasteiger partial charge on any atom is -0.496 e. The molecule has 0 aliphatic carbocycles. The van der Waals surface area contributed by atoms with Crippen molar-refractivity contribution in [3.05, 3.63) is 95.1 Å². The van der Waals surface area contributed by atoms with E-state index in [4.69, 9.17) is 9.47 Å². The van der Waals surface area contributed by atoms with Crippen molar-refractivity contribution < 1.29 is 35.8 Å². The van der Waals surface area contributed by atoms with E-state index in [0.717, 1.165) is 44.6 Å². The molecule has 0 radical (unpaired) electrons. The fourth-order valence-electron chi connectivity index (χ4n) is 5.27. The third-order valence-electron chi connectivity index (χ3n) is 7.83. The minimum absolute atomic E-state index is 0.0339. The number of alkyl halides is 3. The van der Waals surface area contributed by atoms with Crippen molar-refractivity contribution in [3.63, 3.8) is 0 Å². The second-order valence-electron chi connectivity index (χ2n) is 11.6. The Bertz CT molecular complexity index is 2200. The van der Waals surface area contributed by atoms with Gasteiger partial charge < -0.3 is 23.3 Å². The van der Waals surface area contributed by atoms with Crippen LogP contribution in [0.15, 0.2) is 77.3 Å². The summed E-state index contributed by atoms with van der Waals surface area (Å²) in [6, 6.07) is 16.5. The predicted molar refractivity (Wildman–Crippen MR) is 195 cm³/mol. The first-order valence-electron chi connectivity index (χ1n) is 15.8. The number of imidazole rings is 2. The molecule has 0 fully saturated rings. The van der Waals surface area contributed by atoms with Crippen molar-refractivity contribution >= 4 is 43.7 Å². The maximum atomic E-state index is 12.8. The lowest BCUT2D eigenvalue weighted by atomic mass is 10.1. The van der Waals surface area contributed by atoms with Gasteiger partial charge in [0.2, 0.25) is 0 Å². The molecule has 278 valence electrons. The summed E-state index contributed by atoms with van der Waals surface area (Å²) in [7, 11) is 5.77. The first-order chi connectivity index (χ1) is 24.7. The smallest absolute Gasteiger partial charge is 0.422 e. The summed E-state index contributed by atoms with van der Waals surface area (Å²) >= 11 is 0. The summed E-state index contributed by atoms with van der Waals surface area (Å²) in [6.07, 6.45) is -1.32. The lowest BCUT2D eigenvalue weighted by molar-refractivity contribution is -0.153. The number of aromatic nitrogens is 6. The Morgan fingerprint density at radius 3 is 1.67 bits per heavy atom. The molecule has 52 heavy (non-hydrogen) atoms. The van der Waals surface area contributed by atoms with E-state index in [1.54, 1.807) is 46.1 Å². The molecule has 0 N–H and O–H groups in total. The highest BCUT2D eigenvalue weighted by Gasteiger charge is 2.29. The van der Waals surface area contributed by atoms with E-state index in [2.05, 4.69) is 24.7 Å². The van der Waals surface area contributed by atoms with Crippen LogP contribution >= 0.6 is 0 Å². The fraction of sp³-hybridized carbons (Fsp3) is 0.333. The molecule has 0 amide bonds. The molecule has 0 saturated carbocycles. The van der Waals surface area contributed by atoms with Gasteiger partial charge in [-0.2, -0.15) is 13.2 Å². The Hall–Kier alpha value is -4.67. The van der Waals surface area contributed by atoms with Crippen molar-refractivity contribution in [2.75, 3.05) is 27.9 Å². The second-order valence-corrected chi connectivity index (χ2v) is 14.3. The van der Waals surface area contributed by atoms with Crippen molar-refractivity contribution in [1.29, 1.82) is 0 Å². The van der Waals surface area contributed by atoms with E-state index in [-0.39, 0.29) is 11.5 Å². The maximum absolute atomic E-state index is 12.8. The molecule has 2 aromatic carbocycles. The number of fused-ring (bicyclic) bond motifs is 2. The first kappa shape index (κ1) is 40.1. The van der Waals surface area contributed by atoms with Crippen LogP contribution in [0.4, 0.5) is 13.2 Å². The summed E-state index contributed by atoms with van der Waals surface area (Å²) < 4.78 is 80.7. The van der Waals surface area contributed by atoms with Crippen LogP contribution in [0.25, 0.3) is 22.1 Å². The molecular formula is C36H41F3N6O5S2. The van der Waals surface area contributed by atoms with Crippen LogP contribution in [0.5, 0.6) is 11.5 Å². The molecule has 0 aliphatic rings. The Balaban J connectivity index is 0.000000218. The number of aryl methyl sites for hydroxylation is 3. The van der Waals surface area contributed by atoms with Crippen molar-refractivity contribution in [2.45, 2.75) is 48.8 Å². The standard InChI is InChI=1S/C17H16F3N3O2S.C17H19N3O2S.C2H6O/c1-11-13(21-8-7-15(11)25-10-17(18,19)20)9-26(24)16-22-12-5-3-4-6-14(12)23(16)2;1-11-9-18-14(12(2)16(11)22-4)10-23(21)17-19-13-7-5-6-8-15(13)20(17)3;1-3-2/h3-8H,9-10H2,1-2H3;5-9H,10H2,1-4H3;1-2H3. The van der Waals surface area contributed by atoms with Gasteiger partial charge in [-0.1, -0.05) is 24.3 Å². The highest BCUT2D eigenvalue weighted by molar-refractivity contribution is 7.84. The molecule has 2 unspecified atom stereocenters. The van der Waals surface area contributed by atoms with Gasteiger partial charge in [-0.25, -0.2) is 9.97 Å². The van der Waals surface area contributed by atoms with Crippen LogP contribution < -0.4 is 9.47 Å². The molecule has 16 heteroatoms. The zero-order valence-corrected chi connectivity index (χ0v) is 31.8. The van der Waals surface area contributed by atoms with E-state index >= 15 is 0 Å². The van der Waals surface area contributed by atoms with Crippen LogP contribution in [-0.4, -0.2) is 71.6 Å². The van der Waals surface area contributed by atoms with E-state index in [0.29, 0.717) is 27.3 Å². The topological polar surface area (TPSA) is 123 Å². The maximum Gasteiger partial charge on any atom is 0.422 e. The largest absolute Gasteiger partial charge is 0.496 e. The van der Waals surface area contributed by atoms with Crippen molar-refractivity contribution in [1.82, 2.24) is 29.1 Å². The third-order valence-corrected chi connectivity index (χ3v) is 10.5. The fourth-order valence-corrected chi connectivity index (χ4v) is 7.81. The molecule has 2 atom stereocenters. The van der Waals surface area contributed by atoms with Gasteiger partial charge in [0, 0.05) is 57.4 Å². The third kappa shape index (κ3) is 9.60. The molecule has 0 aliphatic heterocycles. The van der Waals surface area contributed by atoms with E-state index in [1.165, 1.54) is 12.3 Å². The van der Waals surface area contributed by atoms with Crippen molar-refractivity contribution in [3.8, 4) is 11.5 Å². The van der Waals surface area contributed by atoms with E-state index < -0.39 is 34.4 Å². The molecule has 4 aromatic heterocycles. The second kappa shape index (κ2) is 17.7. The normalized spacial score (nSPS) is 12.4. The summed E-state index contributed by atoms with van der Waals surface area (Å²) in [6.45, 7) is 4.11. The summed E-state index contributed by atoms with van der Waals surface area (Å²) in [4.78, 5) is 17.5. The number of hydrogen-bond donors (Lipinski definition) is 0. The Morgan fingerprint density at radius 2 is 1.21 bits per heavy atom. The molecule has 4 heterocycles. The Morgan fingerprint density at radius 1 is 0.731 bits per heavy atom. The van der Waals surface area contributed by atoms with Gasteiger partial charge in [-0.3, -0.25) is 18.4 Å². The molecule has 6 aromatic rings. The van der Waals surface area contributed by atoms with Gasteiger partial charge in [-0.15, -0.1) is 0 Å². The Labute approximate surface area is 305 Å². The van der Waals surface area contributed by atoms with Crippen LogP contribution in [0.1, 0.15) is 28.1 Å². The van der Waals surface area contributed by atoms with Crippen LogP contribution in [-0.2, 0) is 51.9 Å². The van der Waals surface area contributed by atoms with E-state index in [1.807, 2.05) is 74.0 Å². The number of methoxy groups -OCH3 is 2. The number of para-hydroxylation sites is 4. The number of rotatable bonds is 9. The minimum atomic E-state index is -4.42. The SMILES string of the molecule is COC.COc1c(C)cnc(CS(=O)c2nc3ccccc3n2C)c1C.Cc1c(OCC(F)(F)F)ccnc1CS(=O)c1nc2ccccc2n1C. The van der Waals surface area contributed by atoms with Crippen LogP contribution in [0, 0.1) is 20.8 Å². The summed E-state index contributed by atoms with van der Waals surface area (Å²) in [5, 5.41) is 0.945. The average molecular weight is 759 g/mol. The Kier molecular flexibility index (Phi) is 13.7. The molecule has 0 saturated heterocycles. The highest BCUT2D eigenvalue weighted by atomic mass is 32.2. The van der Waals surface area contributed by atoms with Gasteiger partial charge in [0.1, 0.15) is 11.5 Å². The number of nitrogens with zero attached hydrogens (tertiary/aromatic N) is 6. The number of pyridine rings is 2. The molecule has 0 bridgehead atoms. The first-order valence-corrected chi connectivity index (χ1v) is 18.5. The highest BCUT2D eigenvalue weighted by Crippen LogP contribution is 2.27. The summed E-state index contributed by atoms with van der Waals surface area (Å²) in [5.74, 6) is 1.23. The summed E-state index contributed by atoms with van der Waals surface area (Å²) in [5.41, 5.74) is 6.93. The van der Waals surface area contributed by atoms with E-state index in [9.17, 15) is 21.6 Å². The predicted octanol–water partition coefficient (Wildman–Crippen LogP) is 6.69. The van der Waals surface area contributed by atoms with Gasteiger partial charge >= 0.3 is 6.18 Å². The monoisotopic (exact) mass is 758 g/mol. The van der Waals surface area contributed by atoms with Crippen LogP contribution in [0.2, 0.25) is 0 Å². The van der Waals surface area contributed by atoms with Gasteiger partial charge in [0.15, 0.2) is 16.9 Å². The lowest BCUT2D eigenvalue weighted by Gasteiger charge is -2.13. The number of benzene rings is 2. The van der Waals surface area contributed by atoms with Crippen LogP contribution in [0.3, 0.4) is 0 Å². The molecule has 6 rings (SSSR count).